The fraction of sp³-hybridized carbons (Fsp3) is 0.571. The summed E-state index contributed by atoms with van der Waals surface area (Å²) in [6.45, 7) is 4.93. The lowest BCUT2D eigenvalue weighted by molar-refractivity contribution is 0.551. The van der Waals surface area contributed by atoms with Crippen LogP contribution in [0.2, 0.25) is 0 Å². The number of hydrogen-bond acceptors (Lipinski definition) is 2. The van der Waals surface area contributed by atoms with Crippen LogP contribution in [0.15, 0.2) is 18.2 Å². The van der Waals surface area contributed by atoms with Gasteiger partial charge in [-0.25, -0.2) is 4.39 Å². The van der Waals surface area contributed by atoms with E-state index >= 15 is 0 Å². The molecular weight excluding hydrogens is 233 g/mol. The van der Waals surface area contributed by atoms with Crippen LogP contribution in [0.1, 0.15) is 36.9 Å². The van der Waals surface area contributed by atoms with E-state index in [0.29, 0.717) is 5.56 Å². The van der Waals surface area contributed by atoms with Crippen molar-refractivity contribution in [2.45, 2.75) is 38.0 Å². The van der Waals surface area contributed by atoms with E-state index in [1.54, 1.807) is 13.0 Å². The van der Waals surface area contributed by atoms with Gasteiger partial charge in [-0.2, -0.15) is 11.8 Å². The normalized spacial score (nSPS) is 21.7. The summed E-state index contributed by atoms with van der Waals surface area (Å²) in [7, 11) is 0. The Morgan fingerprint density at radius 1 is 1.53 bits per heavy atom. The maximum Gasteiger partial charge on any atom is 0.126 e. The van der Waals surface area contributed by atoms with Crippen molar-refractivity contribution >= 4 is 11.8 Å². The molecule has 0 radical (unpaired) electrons. The van der Waals surface area contributed by atoms with Gasteiger partial charge in [-0.3, -0.25) is 0 Å². The zero-order valence-corrected chi connectivity index (χ0v) is 11.3. The van der Waals surface area contributed by atoms with Gasteiger partial charge in [0.2, 0.25) is 0 Å². The third-order valence-corrected chi connectivity index (χ3v) is 4.77. The Balaban J connectivity index is 1.89. The molecule has 1 aliphatic heterocycles. The summed E-state index contributed by atoms with van der Waals surface area (Å²) >= 11 is 2.05. The summed E-state index contributed by atoms with van der Waals surface area (Å²) in [5.74, 6) is 1.19. The van der Waals surface area contributed by atoms with Crippen molar-refractivity contribution in [3.05, 3.63) is 35.1 Å². The predicted octanol–water partition coefficient (Wildman–Crippen LogP) is 3.68. The smallest absolute Gasteiger partial charge is 0.126 e. The van der Waals surface area contributed by atoms with Gasteiger partial charge < -0.3 is 5.32 Å². The Morgan fingerprint density at radius 3 is 3.00 bits per heavy atom. The van der Waals surface area contributed by atoms with Gasteiger partial charge in [0.05, 0.1) is 0 Å². The van der Waals surface area contributed by atoms with E-state index in [-0.39, 0.29) is 11.9 Å². The average Bonchev–Trinajstić information content (AvgIpc) is 2.82. The molecule has 0 aromatic heterocycles. The molecule has 1 aromatic rings. The number of halogens is 1. The zero-order chi connectivity index (χ0) is 12.3. The molecule has 0 amide bonds. The Labute approximate surface area is 107 Å². The minimum absolute atomic E-state index is 0.105. The first-order chi connectivity index (χ1) is 8.16. The molecule has 0 saturated carbocycles. The van der Waals surface area contributed by atoms with Crippen LogP contribution in [-0.4, -0.2) is 17.5 Å². The molecule has 1 aliphatic rings. The second-order valence-electron chi connectivity index (χ2n) is 4.77. The van der Waals surface area contributed by atoms with Gasteiger partial charge in [-0.1, -0.05) is 12.1 Å². The van der Waals surface area contributed by atoms with E-state index < -0.39 is 0 Å². The minimum Gasteiger partial charge on any atom is -0.309 e. The molecule has 2 rings (SSSR count). The van der Waals surface area contributed by atoms with Gasteiger partial charge in [0, 0.05) is 17.8 Å². The maximum atomic E-state index is 13.4. The van der Waals surface area contributed by atoms with Crippen molar-refractivity contribution in [2.24, 2.45) is 0 Å². The molecule has 3 heteroatoms. The van der Waals surface area contributed by atoms with Gasteiger partial charge in [-0.15, -0.1) is 0 Å². The third-order valence-electron chi connectivity index (χ3n) is 3.37. The minimum atomic E-state index is -0.105. The van der Waals surface area contributed by atoms with Crippen molar-refractivity contribution < 1.29 is 4.39 Å². The number of hydrogen-bond donors (Lipinski definition) is 1. The Morgan fingerprint density at radius 2 is 2.35 bits per heavy atom. The van der Waals surface area contributed by atoms with Crippen molar-refractivity contribution in [1.29, 1.82) is 0 Å². The SMILES string of the molecule is Cc1ccc(C(C)NCC2CCCS2)cc1F. The number of rotatable bonds is 4. The quantitative estimate of drug-likeness (QED) is 0.878. The largest absolute Gasteiger partial charge is 0.309 e. The number of nitrogens with one attached hydrogen (secondary N) is 1. The van der Waals surface area contributed by atoms with E-state index in [4.69, 9.17) is 0 Å². The highest BCUT2D eigenvalue weighted by molar-refractivity contribution is 8.00. The summed E-state index contributed by atoms with van der Waals surface area (Å²) in [6.07, 6.45) is 2.65. The third kappa shape index (κ3) is 3.46. The van der Waals surface area contributed by atoms with Gasteiger partial charge in [0.25, 0.3) is 0 Å². The summed E-state index contributed by atoms with van der Waals surface area (Å²) in [5.41, 5.74) is 1.75. The van der Waals surface area contributed by atoms with Gasteiger partial charge in [0.15, 0.2) is 0 Å². The molecule has 1 saturated heterocycles. The standard InChI is InChI=1S/C14H20FNS/c1-10-5-6-12(8-14(10)15)11(2)16-9-13-4-3-7-17-13/h5-6,8,11,13,16H,3-4,7,9H2,1-2H3. The molecule has 17 heavy (non-hydrogen) atoms. The highest BCUT2D eigenvalue weighted by atomic mass is 32.2. The lowest BCUT2D eigenvalue weighted by atomic mass is 10.1. The van der Waals surface area contributed by atoms with Crippen LogP contribution < -0.4 is 5.32 Å². The number of benzene rings is 1. The molecule has 1 nitrogen and oxygen atoms in total. The topological polar surface area (TPSA) is 12.0 Å². The van der Waals surface area contributed by atoms with E-state index in [9.17, 15) is 4.39 Å². The molecular formula is C14H20FNS. The monoisotopic (exact) mass is 253 g/mol. The fourth-order valence-electron chi connectivity index (χ4n) is 2.11. The van der Waals surface area contributed by atoms with E-state index in [2.05, 4.69) is 12.2 Å². The first kappa shape index (κ1) is 12.9. The van der Waals surface area contributed by atoms with Crippen LogP contribution in [0.25, 0.3) is 0 Å². The second kappa shape index (κ2) is 5.87. The zero-order valence-electron chi connectivity index (χ0n) is 10.5. The molecule has 1 N–H and O–H groups in total. The van der Waals surface area contributed by atoms with Crippen molar-refractivity contribution in [3.8, 4) is 0 Å². The molecule has 2 unspecified atom stereocenters. The van der Waals surface area contributed by atoms with E-state index in [0.717, 1.165) is 17.4 Å². The highest BCUT2D eigenvalue weighted by Gasteiger charge is 2.16. The summed E-state index contributed by atoms with van der Waals surface area (Å²) in [4.78, 5) is 0. The molecule has 1 aromatic carbocycles. The first-order valence-electron chi connectivity index (χ1n) is 6.28. The number of thioether (sulfide) groups is 1. The average molecular weight is 253 g/mol. The molecule has 0 bridgehead atoms. The Hall–Kier alpha value is -0.540. The molecule has 1 fully saturated rings. The van der Waals surface area contributed by atoms with E-state index in [1.807, 2.05) is 23.9 Å². The first-order valence-corrected chi connectivity index (χ1v) is 7.32. The Bertz CT molecular complexity index is 374. The molecule has 0 spiro atoms. The molecule has 0 aliphatic carbocycles. The lowest BCUT2D eigenvalue weighted by Gasteiger charge is -2.17. The second-order valence-corrected chi connectivity index (χ2v) is 6.18. The summed E-state index contributed by atoms with van der Waals surface area (Å²) < 4.78 is 13.4. The molecule has 1 heterocycles. The maximum absolute atomic E-state index is 13.4. The van der Waals surface area contributed by atoms with Crippen LogP contribution in [0, 0.1) is 12.7 Å². The van der Waals surface area contributed by atoms with Crippen molar-refractivity contribution in [2.75, 3.05) is 12.3 Å². The van der Waals surface area contributed by atoms with Gasteiger partial charge in [0.1, 0.15) is 5.82 Å². The summed E-state index contributed by atoms with van der Waals surface area (Å²) in [6, 6.07) is 5.74. The predicted molar refractivity (Wildman–Crippen MR) is 73.0 cm³/mol. The Kier molecular flexibility index (Phi) is 4.46. The van der Waals surface area contributed by atoms with Gasteiger partial charge in [-0.05, 0) is 49.6 Å². The van der Waals surface area contributed by atoms with Crippen LogP contribution in [0.3, 0.4) is 0 Å². The number of aryl methyl sites for hydroxylation is 1. The lowest BCUT2D eigenvalue weighted by Crippen LogP contribution is -2.26. The van der Waals surface area contributed by atoms with Crippen molar-refractivity contribution in [3.63, 3.8) is 0 Å². The van der Waals surface area contributed by atoms with Crippen LogP contribution in [0.5, 0.6) is 0 Å². The molecule has 94 valence electrons. The van der Waals surface area contributed by atoms with Gasteiger partial charge >= 0.3 is 0 Å². The highest BCUT2D eigenvalue weighted by Crippen LogP contribution is 2.26. The molecule has 2 atom stereocenters. The van der Waals surface area contributed by atoms with Crippen LogP contribution >= 0.6 is 11.8 Å². The van der Waals surface area contributed by atoms with Crippen LogP contribution in [-0.2, 0) is 0 Å². The van der Waals surface area contributed by atoms with E-state index in [1.165, 1.54) is 18.6 Å². The van der Waals surface area contributed by atoms with Crippen LogP contribution in [0.4, 0.5) is 4.39 Å². The fourth-order valence-corrected chi connectivity index (χ4v) is 3.32. The van der Waals surface area contributed by atoms with Crippen molar-refractivity contribution in [1.82, 2.24) is 5.32 Å². The summed E-state index contributed by atoms with van der Waals surface area (Å²) in [5, 5.41) is 4.24.